The van der Waals surface area contributed by atoms with Crippen LogP contribution in [0.5, 0.6) is 0 Å². The molecule has 4 aliphatic heterocycles. The van der Waals surface area contributed by atoms with Gasteiger partial charge in [-0.15, -0.1) is 0 Å². The van der Waals surface area contributed by atoms with Crippen LogP contribution in [0.4, 0.5) is 0 Å². The number of benzene rings is 3. The summed E-state index contributed by atoms with van der Waals surface area (Å²) >= 11 is 0. The largest absolute Gasteiger partial charge is 0.458 e. The van der Waals surface area contributed by atoms with Gasteiger partial charge in [0.1, 0.15) is 29.8 Å². The smallest absolute Gasteiger partial charge is 0.327 e. The Morgan fingerprint density at radius 3 is 2.35 bits per heavy atom. The fourth-order valence-corrected chi connectivity index (χ4v) is 8.88. The zero-order valence-electron chi connectivity index (χ0n) is 27.1. The zero-order valence-corrected chi connectivity index (χ0v) is 27.1. The third-order valence-electron chi connectivity index (χ3n) is 11.3. The van der Waals surface area contributed by atoms with Crippen molar-refractivity contribution in [2.24, 2.45) is 11.3 Å². The highest BCUT2D eigenvalue weighted by molar-refractivity contribution is 5.93. The zero-order chi connectivity index (χ0) is 33.2. The van der Waals surface area contributed by atoms with E-state index in [1.165, 1.54) is 0 Å². The Hall–Kier alpha value is -3.90. The van der Waals surface area contributed by atoms with Gasteiger partial charge in [0.05, 0.1) is 25.4 Å². The maximum Gasteiger partial charge on any atom is 0.327 e. The Bertz CT molecular complexity index is 1710. The minimum atomic E-state index is -1.34. The SMILES string of the molecule is O=C1OC2CC3(C(=O)NCCO)C(ON(Cc4ccccc4C=CC4CCC5OC5C4)C13)C1OC(c3ccccc3)(c3ccccc3)OC21. The van der Waals surface area contributed by atoms with E-state index >= 15 is 0 Å². The first-order chi connectivity index (χ1) is 24.0. The van der Waals surface area contributed by atoms with Crippen LogP contribution in [-0.4, -0.2) is 77.9 Å². The minimum absolute atomic E-state index is 0.0462. The lowest BCUT2D eigenvalue weighted by Crippen LogP contribution is -2.69. The fourth-order valence-electron chi connectivity index (χ4n) is 8.88. The summed E-state index contributed by atoms with van der Waals surface area (Å²) in [6.45, 7) is 0.0565. The lowest BCUT2D eigenvalue weighted by atomic mass is 9.62. The number of hydrogen-bond acceptors (Lipinski definition) is 9. The van der Waals surface area contributed by atoms with Crippen LogP contribution < -0.4 is 5.32 Å². The molecule has 254 valence electrons. The number of hydrogen-bond donors (Lipinski definition) is 2. The number of carbonyl (C=O) groups excluding carboxylic acids is 2. The molecule has 9 atom stereocenters. The van der Waals surface area contributed by atoms with E-state index in [9.17, 15) is 14.7 Å². The maximum atomic E-state index is 14.3. The number of esters is 1. The maximum absolute atomic E-state index is 14.3. The molecule has 10 heteroatoms. The molecule has 6 aliphatic rings. The molecule has 2 N–H and O–H groups in total. The molecule has 10 nitrogen and oxygen atoms in total. The lowest BCUT2D eigenvalue weighted by molar-refractivity contribution is -0.213. The van der Waals surface area contributed by atoms with Gasteiger partial charge in [-0.1, -0.05) is 97.1 Å². The summed E-state index contributed by atoms with van der Waals surface area (Å²) in [5, 5.41) is 14.1. The topological polar surface area (TPSA) is 119 Å². The van der Waals surface area contributed by atoms with E-state index in [1.807, 2.05) is 78.9 Å². The number of fused-ring (bicyclic) bond motifs is 5. The van der Waals surface area contributed by atoms with Crippen molar-refractivity contribution in [2.45, 2.75) is 80.7 Å². The van der Waals surface area contributed by atoms with Crippen LogP contribution in [0.3, 0.4) is 0 Å². The first kappa shape index (κ1) is 31.1. The van der Waals surface area contributed by atoms with E-state index in [0.717, 1.165) is 41.5 Å². The van der Waals surface area contributed by atoms with Crippen LogP contribution in [0, 0.1) is 11.3 Å². The van der Waals surface area contributed by atoms with Crippen LogP contribution in [-0.2, 0) is 45.7 Å². The Labute approximate surface area is 284 Å². The van der Waals surface area contributed by atoms with Gasteiger partial charge in [-0.05, 0) is 36.3 Å². The van der Waals surface area contributed by atoms with Crippen molar-refractivity contribution in [3.8, 4) is 0 Å². The van der Waals surface area contributed by atoms with Crippen molar-refractivity contribution in [3.63, 3.8) is 0 Å². The molecular formula is C39H40N2O8. The summed E-state index contributed by atoms with van der Waals surface area (Å²) in [6, 6.07) is 26.4. The summed E-state index contributed by atoms with van der Waals surface area (Å²) in [7, 11) is 0. The molecule has 0 aromatic heterocycles. The van der Waals surface area contributed by atoms with Crippen LogP contribution in [0.2, 0.25) is 0 Å². The van der Waals surface area contributed by atoms with Crippen molar-refractivity contribution in [3.05, 3.63) is 113 Å². The number of amides is 1. The van der Waals surface area contributed by atoms with Gasteiger partial charge in [0.25, 0.3) is 0 Å². The molecule has 1 amide bonds. The first-order valence-corrected chi connectivity index (χ1v) is 17.4. The third kappa shape index (κ3) is 5.08. The Balaban J connectivity index is 1.08. The van der Waals surface area contributed by atoms with Gasteiger partial charge >= 0.3 is 5.97 Å². The van der Waals surface area contributed by atoms with Crippen molar-refractivity contribution >= 4 is 18.0 Å². The fraction of sp³-hybridized carbons (Fsp3) is 0.436. The Morgan fingerprint density at radius 1 is 0.898 bits per heavy atom. The number of aliphatic hydroxyl groups excluding tert-OH is 1. The Morgan fingerprint density at radius 2 is 1.61 bits per heavy atom. The molecule has 0 spiro atoms. The van der Waals surface area contributed by atoms with Crippen LogP contribution in [0.15, 0.2) is 91.0 Å². The number of ether oxygens (including phenoxy) is 4. The lowest BCUT2D eigenvalue weighted by Gasteiger charge is -2.48. The molecule has 9 unspecified atom stereocenters. The van der Waals surface area contributed by atoms with E-state index < -0.39 is 47.6 Å². The highest BCUT2D eigenvalue weighted by atomic mass is 16.8. The van der Waals surface area contributed by atoms with E-state index in [1.54, 1.807) is 5.06 Å². The second-order valence-electron chi connectivity index (χ2n) is 14.1. The number of nitrogens with zero attached hydrogens (tertiary/aromatic N) is 1. The molecule has 2 saturated carbocycles. The first-order valence-electron chi connectivity index (χ1n) is 17.4. The molecule has 4 saturated heterocycles. The normalized spacial score (nSPS) is 35.4. The van der Waals surface area contributed by atoms with Crippen molar-refractivity contribution in [1.29, 1.82) is 0 Å². The van der Waals surface area contributed by atoms with Crippen molar-refractivity contribution in [1.82, 2.24) is 10.4 Å². The second-order valence-corrected chi connectivity index (χ2v) is 14.1. The molecule has 2 aliphatic carbocycles. The summed E-state index contributed by atoms with van der Waals surface area (Å²) in [5.74, 6) is -1.77. The molecule has 3 aromatic carbocycles. The average Bonchev–Trinajstić information content (AvgIpc) is 3.65. The number of hydroxylamine groups is 2. The quantitative estimate of drug-likeness (QED) is 0.260. The summed E-state index contributed by atoms with van der Waals surface area (Å²) in [5.41, 5.74) is 2.20. The average molecular weight is 665 g/mol. The van der Waals surface area contributed by atoms with E-state index in [-0.39, 0.29) is 32.0 Å². The molecule has 4 heterocycles. The standard InChI is InChI=1S/C39H40N2O8/c42-20-19-40-37(44)38-22-31-32-33(48-39(47-32,27-11-3-1-4-12-27)28-13-5-2-6-14-28)35(38)49-41(34(38)36(43)46-31)23-26-10-8-7-9-25(26)17-15-24-16-18-29-30(21-24)45-29/h1-15,17,24,29-35,42H,16,18-23H2,(H,40,44). The van der Waals surface area contributed by atoms with Gasteiger partial charge in [0.2, 0.25) is 11.7 Å². The predicted molar refractivity (Wildman–Crippen MR) is 176 cm³/mol. The second kappa shape index (κ2) is 12.2. The number of nitrogens with one attached hydrogen (secondary N) is 1. The van der Waals surface area contributed by atoms with Crippen LogP contribution in [0.1, 0.15) is 47.9 Å². The minimum Gasteiger partial charge on any atom is -0.458 e. The van der Waals surface area contributed by atoms with Crippen molar-refractivity contribution < 1.29 is 38.5 Å². The molecule has 9 rings (SSSR count). The monoisotopic (exact) mass is 664 g/mol. The molecule has 2 bridgehead atoms. The number of carbonyl (C=O) groups is 2. The highest BCUT2D eigenvalue weighted by Crippen LogP contribution is 2.59. The van der Waals surface area contributed by atoms with Gasteiger partial charge in [0, 0.05) is 24.1 Å². The molecule has 3 aromatic rings. The molecule has 49 heavy (non-hydrogen) atoms. The van der Waals surface area contributed by atoms with Gasteiger partial charge in [-0.25, -0.2) is 0 Å². The van der Waals surface area contributed by atoms with Gasteiger partial charge in [-0.2, -0.15) is 5.06 Å². The Kier molecular flexibility index (Phi) is 7.72. The van der Waals surface area contributed by atoms with E-state index in [2.05, 4.69) is 23.5 Å². The highest BCUT2D eigenvalue weighted by Gasteiger charge is 2.76. The van der Waals surface area contributed by atoms with E-state index in [4.69, 9.17) is 23.8 Å². The molecule has 6 fully saturated rings. The van der Waals surface area contributed by atoms with Gasteiger partial charge in [0.15, 0.2) is 6.04 Å². The summed E-state index contributed by atoms with van der Waals surface area (Å²) in [4.78, 5) is 35.2. The number of allylic oxidation sites excluding steroid dienone is 1. The van der Waals surface area contributed by atoms with Gasteiger partial charge in [-0.3, -0.25) is 14.4 Å². The predicted octanol–water partition coefficient (Wildman–Crippen LogP) is 3.86. The van der Waals surface area contributed by atoms with Crippen LogP contribution >= 0.6 is 0 Å². The summed E-state index contributed by atoms with van der Waals surface area (Å²) < 4.78 is 25.8. The van der Waals surface area contributed by atoms with E-state index in [0.29, 0.717) is 18.1 Å². The summed E-state index contributed by atoms with van der Waals surface area (Å²) in [6.07, 6.45) is 5.64. The van der Waals surface area contributed by atoms with Crippen LogP contribution in [0.25, 0.3) is 6.08 Å². The molecular weight excluding hydrogens is 624 g/mol. The van der Waals surface area contributed by atoms with Gasteiger partial charge < -0.3 is 29.4 Å². The number of epoxide rings is 1. The third-order valence-corrected chi connectivity index (χ3v) is 11.3. The van der Waals surface area contributed by atoms with Crippen molar-refractivity contribution in [2.75, 3.05) is 13.2 Å². The molecule has 0 radical (unpaired) electrons. The number of rotatable bonds is 9. The number of aliphatic hydroxyl groups is 1.